The minimum atomic E-state index is -0.138. The van der Waals surface area contributed by atoms with Crippen LogP contribution in [-0.4, -0.2) is 0 Å². The standard InChI is InChI=1S/C26H30FN.C3H8.C2H6/c1-4-20-13-21(17-28)15-24(14-20)23-9-10-26(27)25(16-23)12-18(2)11-22-8-6-5-7-19(22)3;1-3-2;1-2/h5-11,16,20-21,24H,4,12-15H2,1-3H3;3H2,1-2H3;1-2H3/b18-11+;;. The van der Waals surface area contributed by atoms with Crippen LogP contribution in [0.4, 0.5) is 4.39 Å². The highest BCUT2D eigenvalue weighted by Crippen LogP contribution is 2.41. The fraction of sp³-hybridized carbons (Fsp3) is 0.516. The third kappa shape index (κ3) is 9.17. The van der Waals surface area contributed by atoms with Crippen LogP contribution in [0.25, 0.3) is 6.08 Å². The predicted octanol–water partition coefficient (Wildman–Crippen LogP) is 9.66. The van der Waals surface area contributed by atoms with Gasteiger partial charge in [0.1, 0.15) is 5.82 Å². The summed E-state index contributed by atoms with van der Waals surface area (Å²) in [7, 11) is 0. The average Bonchev–Trinajstić information content (AvgIpc) is 2.83. The van der Waals surface area contributed by atoms with Gasteiger partial charge < -0.3 is 0 Å². The second kappa shape index (κ2) is 15.4. The summed E-state index contributed by atoms with van der Waals surface area (Å²) in [6, 6.07) is 16.3. The van der Waals surface area contributed by atoms with E-state index >= 15 is 0 Å². The van der Waals surface area contributed by atoms with Crippen LogP contribution in [0.2, 0.25) is 0 Å². The SMILES string of the molecule is CC.CCC.CCC1CC(C#N)CC(c2ccc(F)c(C/C(C)=C/c3ccccc3C)c2)C1. The van der Waals surface area contributed by atoms with Gasteiger partial charge in [0.15, 0.2) is 0 Å². The largest absolute Gasteiger partial charge is 0.207 e. The first-order chi connectivity index (χ1) is 15.9. The van der Waals surface area contributed by atoms with E-state index < -0.39 is 0 Å². The number of benzene rings is 2. The van der Waals surface area contributed by atoms with Crippen LogP contribution in [-0.2, 0) is 6.42 Å². The number of hydrogen-bond donors (Lipinski definition) is 0. The van der Waals surface area contributed by atoms with Crippen molar-refractivity contribution in [2.24, 2.45) is 11.8 Å². The summed E-state index contributed by atoms with van der Waals surface area (Å²) in [5.41, 5.74) is 5.51. The molecule has 0 saturated heterocycles. The van der Waals surface area contributed by atoms with E-state index in [0.717, 1.165) is 36.8 Å². The monoisotopic (exact) mass is 449 g/mol. The van der Waals surface area contributed by atoms with E-state index in [1.165, 1.54) is 23.1 Å². The summed E-state index contributed by atoms with van der Waals surface area (Å²) in [4.78, 5) is 0. The van der Waals surface area contributed by atoms with Gasteiger partial charge in [0.25, 0.3) is 0 Å². The summed E-state index contributed by atoms with van der Waals surface area (Å²) in [5.74, 6) is 0.948. The Bertz CT molecular complexity index is 905. The molecule has 0 heterocycles. The maximum Gasteiger partial charge on any atom is 0.126 e. The lowest BCUT2D eigenvalue weighted by Crippen LogP contribution is -2.20. The predicted molar refractivity (Wildman–Crippen MR) is 142 cm³/mol. The molecule has 180 valence electrons. The number of hydrogen-bond acceptors (Lipinski definition) is 1. The van der Waals surface area contributed by atoms with Crippen molar-refractivity contribution < 1.29 is 4.39 Å². The zero-order valence-corrected chi connectivity index (χ0v) is 21.9. The first kappa shape index (κ1) is 28.6. The van der Waals surface area contributed by atoms with Gasteiger partial charge in [0, 0.05) is 5.92 Å². The summed E-state index contributed by atoms with van der Waals surface area (Å²) in [6.07, 6.45) is 8.14. The number of nitrogens with zero attached hydrogens (tertiary/aromatic N) is 1. The second-order valence-corrected chi connectivity index (χ2v) is 9.09. The van der Waals surface area contributed by atoms with E-state index in [1.807, 2.05) is 38.1 Å². The first-order valence-corrected chi connectivity index (χ1v) is 12.8. The van der Waals surface area contributed by atoms with Crippen LogP contribution in [0, 0.1) is 35.9 Å². The molecule has 1 aliphatic carbocycles. The Kier molecular flexibility index (Phi) is 13.4. The lowest BCUT2D eigenvalue weighted by atomic mass is 9.72. The number of aryl methyl sites for hydroxylation is 1. The van der Waals surface area contributed by atoms with Gasteiger partial charge in [0.2, 0.25) is 0 Å². The smallest absolute Gasteiger partial charge is 0.126 e. The van der Waals surface area contributed by atoms with E-state index in [9.17, 15) is 9.65 Å². The molecule has 3 atom stereocenters. The fourth-order valence-corrected chi connectivity index (χ4v) is 4.50. The van der Waals surface area contributed by atoms with Gasteiger partial charge >= 0.3 is 0 Å². The third-order valence-electron chi connectivity index (χ3n) is 6.17. The highest BCUT2D eigenvalue weighted by molar-refractivity contribution is 5.56. The van der Waals surface area contributed by atoms with Gasteiger partial charge in [-0.3, -0.25) is 0 Å². The van der Waals surface area contributed by atoms with Gasteiger partial charge in [-0.25, -0.2) is 4.39 Å². The molecule has 2 aromatic carbocycles. The number of nitriles is 1. The van der Waals surface area contributed by atoms with Crippen molar-refractivity contribution in [2.75, 3.05) is 0 Å². The highest BCUT2D eigenvalue weighted by Gasteiger charge is 2.29. The quantitative estimate of drug-likeness (QED) is 0.445. The Labute approximate surface area is 202 Å². The van der Waals surface area contributed by atoms with Gasteiger partial charge in [-0.15, -0.1) is 0 Å². The molecule has 0 N–H and O–H groups in total. The van der Waals surface area contributed by atoms with E-state index in [-0.39, 0.29) is 11.7 Å². The molecule has 1 saturated carbocycles. The van der Waals surface area contributed by atoms with Crippen molar-refractivity contribution in [3.63, 3.8) is 0 Å². The minimum absolute atomic E-state index is 0.125. The molecule has 33 heavy (non-hydrogen) atoms. The van der Waals surface area contributed by atoms with Crippen LogP contribution < -0.4 is 0 Å². The van der Waals surface area contributed by atoms with E-state index in [1.54, 1.807) is 6.07 Å². The first-order valence-electron chi connectivity index (χ1n) is 12.8. The van der Waals surface area contributed by atoms with Gasteiger partial charge in [0.05, 0.1) is 6.07 Å². The molecule has 0 radical (unpaired) electrons. The summed E-state index contributed by atoms with van der Waals surface area (Å²) in [5, 5.41) is 9.43. The fourth-order valence-electron chi connectivity index (χ4n) is 4.50. The summed E-state index contributed by atoms with van der Waals surface area (Å²) in [6.45, 7) is 14.6. The molecule has 3 rings (SSSR count). The van der Waals surface area contributed by atoms with Crippen molar-refractivity contribution in [3.8, 4) is 6.07 Å². The molecule has 2 aromatic rings. The summed E-state index contributed by atoms with van der Waals surface area (Å²) < 4.78 is 14.5. The highest BCUT2D eigenvalue weighted by atomic mass is 19.1. The molecular formula is C31H44FN. The van der Waals surface area contributed by atoms with Crippen LogP contribution in [0.3, 0.4) is 0 Å². The Morgan fingerprint density at radius 1 is 1.06 bits per heavy atom. The van der Waals surface area contributed by atoms with Crippen molar-refractivity contribution in [1.29, 1.82) is 5.26 Å². The molecule has 1 fully saturated rings. The second-order valence-electron chi connectivity index (χ2n) is 9.09. The van der Waals surface area contributed by atoms with Crippen molar-refractivity contribution in [3.05, 3.63) is 76.1 Å². The van der Waals surface area contributed by atoms with Gasteiger partial charge in [-0.2, -0.15) is 5.26 Å². The van der Waals surface area contributed by atoms with Crippen LogP contribution >= 0.6 is 0 Å². The number of allylic oxidation sites excluding steroid dienone is 1. The Hall–Kier alpha value is -2.40. The molecule has 0 aliphatic heterocycles. The maximum atomic E-state index is 14.5. The Morgan fingerprint density at radius 2 is 1.73 bits per heavy atom. The van der Waals surface area contributed by atoms with Crippen LogP contribution in [0.1, 0.15) is 102 Å². The molecule has 0 amide bonds. The minimum Gasteiger partial charge on any atom is -0.207 e. The van der Waals surface area contributed by atoms with Gasteiger partial charge in [-0.1, -0.05) is 95.5 Å². The Balaban J connectivity index is 0.00000101. The maximum absolute atomic E-state index is 14.5. The molecule has 2 heteroatoms. The molecule has 3 unspecified atom stereocenters. The molecular weight excluding hydrogens is 405 g/mol. The molecule has 0 spiro atoms. The van der Waals surface area contributed by atoms with E-state index in [2.05, 4.69) is 58.9 Å². The zero-order valence-electron chi connectivity index (χ0n) is 21.9. The molecule has 1 nitrogen and oxygen atoms in total. The van der Waals surface area contributed by atoms with E-state index in [0.29, 0.717) is 18.3 Å². The van der Waals surface area contributed by atoms with Crippen LogP contribution in [0.15, 0.2) is 48.0 Å². The normalized spacial score (nSPS) is 20.0. The van der Waals surface area contributed by atoms with Crippen molar-refractivity contribution in [2.45, 2.75) is 92.9 Å². The lowest BCUT2D eigenvalue weighted by Gasteiger charge is -2.32. The molecule has 0 bridgehead atoms. The van der Waals surface area contributed by atoms with E-state index in [4.69, 9.17) is 0 Å². The number of halogens is 1. The zero-order chi connectivity index (χ0) is 24.8. The summed E-state index contributed by atoms with van der Waals surface area (Å²) >= 11 is 0. The van der Waals surface area contributed by atoms with Crippen molar-refractivity contribution >= 4 is 6.08 Å². The third-order valence-corrected chi connectivity index (χ3v) is 6.17. The van der Waals surface area contributed by atoms with Crippen LogP contribution in [0.5, 0.6) is 0 Å². The van der Waals surface area contributed by atoms with Crippen molar-refractivity contribution in [1.82, 2.24) is 0 Å². The topological polar surface area (TPSA) is 23.8 Å². The number of rotatable bonds is 5. The molecule has 1 aliphatic rings. The van der Waals surface area contributed by atoms with Gasteiger partial charge in [-0.05, 0) is 79.7 Å². The Morgan fingerprint density at radius 3 is 2.33 bits per heavy atom. The molecule has 0 aromatic heterocycles. The lowest BCUT2D eigenvalue weighted by molar-refractivity contribution is 0.270. The average molecular weight is 450 g/mol.